The average molecular weight is 226 g/mol. The Morgan fingerprint density at radius 2 is 2.25 bits per heavy atom. The molecule has 0 radical (unpaired) electrons. The van der Waals surface area contributed by atoms with Crippen molar-refractivity contribution in [2.24, 2.45) is 0 Å². The summed E-state index contributed by atoms with van der Waals surface area (Å²) in [5.41, 5.74) is -0.105. The fraction of sp³-hybridized carbons (Fsp3) is 0.400. The van der Waals surface area contributed by atoms with Crippen LogP contribution in [0.4, 0.5) is 15.8 Å². The Hall–Kier alpha value is -1.85. The van der Waals surface area contributed by atoms with Gasteiger partial charge in [-0.2, -0.15) is 0 Å². The normalized spacial score (nSPS) is 14.6. The highest BCUT2D eigenvalue weighted by molar-refractivity contribution is 5.59. The molecule has 1 aliphatic carbocycles. The molecule has 6 heteroatoms. The highest BCUT2D eigenvalue weighted by Gasteiger charge is 2.25. The highest BCUT2D eigenvalue weighted by atomic mass is 19.1. The smallest absolute Gasteiger partial charge is 0.313 e. The van der Waals surface area contributed by atoms with E-state index < -0.39 is 10.7 Å². The number of nitrogens with zero attached hydrogens (tertiary/aromatic N) is 1. The van der Waals surface area contributed by atoms with Gasteiger partial charge >= 0.3 is 5.69 Å². The predicted molar refractivity (Wildman–Crippen MR) is 56.3 cm³/mol. The summed E-state index contributed by atoms with van der Waals surface area (Å²) in [5.74, 6) is -0.561. The monoisotopic (exact) mass is 226 g/mol. The molecule has 0 heterocycles. The van der Waals surface area contributed by atoms with E-state index >= 15 is 0 Å². The van der Waals surface area contributed by atoms with Crippen molar-refractivity contribution in [1.82, 2.24) is 0 Å². The second kappa shape index (κ2) is 3.96. The number of ether oxygens (including phenoxy) is 1. The van der Waals surface area contributed by atoms with Gasteiger partial charge in [0, 0.05) is 12.1 Å². The molecule has 1 saturated carbocycles. The summed E-state index contributed by atoms with van der Waals surface area (Å²) in [4.78, 5) is 9.95. The topological polar surface area (TPSA) is 64.4 Å². The summed E-state index contributed by atoms with van der Waals surface area (Å²) in [6.07, 6.45) is 2.00. The van der Waals surface area contributed by atoms with Gasteiger partial charge in [0.05, 0.1) is 23.8 Å². The van der Waals surface area contributed by atoms with Gasteiger partial charge in [0.1, 0.15) is 0 Å². The van der Waals surface area contributed by atoms with Gasteiger partial charge in [0.15, 0.2) is 11.6 Å². The second-order valence-electron chi connectivity index (χ2n) is 3.68. The summed E-state index contributed by atoms with van der Waals surface area (Å²) < 4.78 is 18.3. The number of rotatable bonds is 4. The molecule has 1 fully saturated rings. The molecule has 1 aliphatic rings. The van der Waals surface area contributed by atoms with E-state index in [0.717, 1.165) is 18.9 Å². The number of anilines is 1. The average Bonchev–Trinajstić information content (AvgIpc) is 3.04. The SMILES string of the molecule is COc1cc(NC2CC2)c(F)cc1[N+](=O)[O-]. The van der Waals surface area contributed by atoms with E-state index in [1.807, 2.05) is 0 Å². The molecule has 86 valence electrons. The third kappa shape index (κ3) is 2.05. The van der Waals surface area contributed by atoms with Crippen LogP contribution in [0.3, 0.4) is 0 Å². The van der Waals surface area contributed by atoms with Crippen LogP contribution in [0, 0.1) is 15.9 Å². The lowest BCUT2D eigenvalue weighted by Crippen LogP contribution is -2.04. The summed E-state index contributed by atoms with van der Waals surface area (Å²) in [6, 6.07) is 2.48. The standard InChI is InChI=1S/C10H11FN2O3/c1-16-10-5-8(12-6-2-3-6)7(11)4-9(10)13(14)15/h4-6,12H,2-3H2,1H3. The van der Waals surface area contributed by atoms with Crippen LogP contribution < -0.4 is 10.1 Å². The number of nitro benzene ring substituents is 1. The number of halogens is 1. The summed E-state index contributed by atoms with van der Waals surface area (Å²) in [6.45, 7) is 0. The van der Waals surface area contributed by atoms with Crippen LogP contribution in [-0.4, -0.2) is 18.1 Å². The Bertz CT molecular complexity index is 432. The van der Waals surface area contributed by atoms with Crippen LogP contribution in [0.15, 0.2) is 12.1 Å². The molecule has 0 saturated heterocycles. The summed E-state index contributed by atoms with van der Waals surface area (Å²) >= 11 is 0. The minimum atomic E-state index is -0.664. The van der Waals surface area contributed by atoms with Crippen molar-refractivity contribution >= 4 is 11.4 Å². The van der Waals surface area contributed by atoms with Crippen molar-refractivity contribution in [2.75, 3.05) is 12.4 Å². The van der Waals surface area contributed by atoms with Gasteiger partial charge < -0.3 is 10.1 Å². The van der Waals surface area contributed by atoms with Gasteiger partial charge in [-0.05, 0) is 12.8 Å². The molecule has 1 N–H and O–H groups in total. The zero-order valence-corrected chi connectivity index (χ0v) is 8.70. The lowest BCUT2D eigenvalue weighted by molar-refractivity contribution is -0.385. The first kappa shape index (κ1) is 10.7. The van der Waals surface area contributed by atoms with Crippen molar-refractivity contribution in [2.45, 2.75) is 18.9 Å². The molecule has 0 amide bonds. The minimum absolute atomic E-state index is 0.0644. The number of methoxy groups -OCH3 is 1. The Labute approximate surface area is 91.4 Å². The molecule has 2 rings (SSSR count). The first-order chi connectivity index (χ1) is 7.61. The summed E-state index contributed by atoms with van der Waals surface area (Å²) in [5, 5.41) is 13.6. The number of hydrogen-bond donors (Lipinski definition) is 1. The molecule has 16 heavy (non-hydrogen) atoms. The van der Waals surface area contributed by atoms with E-state index in [4.69, 9.17) is 4.74 Å². The molecule has 0 spiro atoms. The van der Waals surface area contributed by atoms with E-state index in [1.165, 1.54) is 13.2 Å². The van der Waals surface area contributed by atoms with Crippen molar-refractivity contribution in [3.63, 3.8) is 0 Å². The van der Waals surface area contributed by atoms with Gasteiger partial charge in [-0.25, -0.2) is 4.39 Å². The zero-order valence-electron chi connectivity index (χ0n) is 8.70. The van der Waals surface area contributed by atoms with Gasteiger partial charge in [-0.3, -0.25) is 10.1 Å². The molecule has 0 unspecified atom stereocenters. The Morgan fingerprint density at radius 1 is 1.56 bits per heavy atom. The third-order valence-electron chi connectivity index (χ3n) is 2.40. The lowest BCUT2D eigenvalue weighted by Gasteiger charge is -2.08. The molecule has 0 bridgehead atoms. The molecular weight excluding hydrogens is 215 g/mol. The molecule has 0 atom stereocenters. The first-order valence-corrected chi connectivity index (χ1v) is 4.90. The van der Waals surface area contributed by atoms with Crippen molar-refractivity contribution < 1.29 is 14.1 Å². The fourth-order valence-corrected chi connectivity index (χ4v) is 1.41. The highest BCUT2D eigenvalue weighted by Crippen LogP contribution is 2.34. The van der Waals surface area contributed by atoms with Crippen LogP contribution in [0.5, 0.6) is 5.75 Å². The van der Waals surface area contributed by atoms with E-state index in [0.29, 0.717) is 0 Å². The van der Waals surface area contributed by atoms with E-state index in [2.05, 4.69) is 5.32 Å². The van der Waals surface area contributed by atoms with E-state index in [1.54, 1.807) is 0 Å². The van der Waals surface area contributed by atoms with Crippen LogP contribution >= 0.6 is 0 Å². The molecule has 0 aromatic heterocycles. The maximum Gasteiger partial charge on any atom is 0.313 e. The third-order valence-corrected chi connectivity index (χ3v) is 2.40. The van der Waals surface area contributed by atoms with E-state index in [9.17, 15) is 14.5 Å². The molecule has 1 aromatic carbocycles. The Kier molecular flexibility index (Phi) is 2.64. The van der Waals surface area contributed by atoms with E-state index in [-0.39, 0.29) is 23.2 Å². The molecule has 1 aromatic rings. The second-order valence-corrected chi connectivity index (χ2v) is 3.68. The lowest BCUT2D eigenvalue weighted by atomic mass is 10.2. The van der Waals surface area contributed by atoms with Crippen molar-refractivity contribution in [3.05, 3.63) is 28.1 Å². The number of nitro groups is 1. The largest absolute Gasteiger partial charge is 0.490 e. The van der Waals surface area contributed by atoms with Crippen molar-refractivity contribution in [3.8, 4) is 5.75 Å². The number of benzene rings is 1. The van der Waals surface area contributed by atoms with Gasteiger partial charge in [0.25, 0.3) is 0 Å². The first-order valence-electron chi connectivity index (χ1n) is 4.90. The quantitative estimate of drug-likeness (QED) is 0.632. The minimum Gasteiger partial charge on any atom is -0.490 e. The Morgan fingerprint density at radius 3 is 2.75 bits per heavy atom. The van der Waals surface area contributed by atoms with Crippen LogP contribution in [0.1, 0.15) is 12.8 Å². The number of nitrogens with one attached hydrogen (secondary N) is 1. The fourth-order valence-electron chi connectivity index (χ4n) is 1.41. The maximum absolute atomic E-state index is 13.5. The number of hydrogen-bond acceptors (Lipinski definition) is 4. The Balaban J connectivity index is 2.36. The summed E-state index contributed by atoms with van der Waals surface area (Å²) in [7, 11) is 1.32. The van der Waals surface area contributed by atoms with Crippen LogP contribution in [0.2, 0.25) is 0 Å². The predicted octanol–water partition coefficient (Wildman–Crippen LogP) is 2.32. The van der Waals surface area contributed by atoms with Gasteiger partial charge in [0.2, 0.25) is 0 Å². The molecule has 5 nitrogen and oxygen atoms in total. The van der Waals surface area contributed by atoms with Gasteiger partial charge in [-0.1, -0.05) is 0 Å². The van der Waals surface area contributed by atoms with Gasteiger partial charge in [-0.15, -0.1) is 0 Å². The van der Waals surface area contributed by atoms with Crippen LogP contribution in [-0.2, 0) is 0 Å². The van der Waals surface area contributed by atoms with Crippen molar-refractivity contribution in [1.29, 1.82) is 0 Å². The van der Waals surface area contributed by atoms with Crippen LogP contribution in [0.25, 0.3) is 0 Å². The molecule has 0 aliphatic heterocycles. The zero-order chi connectivity index (χ0) is 11.7. The molecular formula is C10H11FN2O3. The maximum atomic E-state index is 13.5.